The van der Waals surface area contributed by atoms with Gasteiger partial charge >= 0.3 is 0 Å². The molecule has 80 valence electrons. The minimum atomic E-state index is 0.985. The Bertz CT molecular complexity index is 665. The minimum absolute atomic E-state index is 0.985. The summed E-state index contributed by atoms with van der Waals surface area (Å²) in [5, 5.41) is 1.26. The Morgan fingerprint density at radius 2 is 2.00 bits per heavy atom. The topological polar surface area (TPSA) is 17.3 Å². The van der Waals surface area contributed by atoms with E-state index in [1.807, 2.05) is 0 Å². The number of aryl methyl sites for hydroxylation is 2. The Morgan fingerprint density at radius 3 is 2.81 bits per heavy atom. The molecule has 0 amide bonds. The summed E-state index contributed by atoms with van der Waals surface area (Å²) in [6, 6.07) is 12.7. The van der Waals surface area contributed by atoms with Crippen LogP contribution in [-0.2, 0) is 6.42 Å². The van der Waals surface area contributed by atoms with Crippen molar-refractivity contribution in [2.45, 2.75) is 20.3 Å². The third-order valence-corrected chi connectivity index (χ3v) is 3.04. The third kappa shape index (κ3) is 1.23. The zero-order valence-corrected chi connectivity index (χ0v) is 9.57. The molecule has 0 aliphatic rings. The van der Waals surface area contributed by atoms with E-state index >= 15 is 0 Å². The van der Waals surface area contributed by atoms with E-state index in [1.165, 1.54) is 16.6 Å². The first kappa shape index (κ1) is 9.40. The van der Waals surface area contributed by atoms with E-state index in [0.29, 0.717) is 0 Å². The van der Waals surface area contributed by atoms with Gasteiger partial charge in [0.1, 0.15) is 5.65 Å². The monoisotopic (exact) mass is 210 g/mol. The Labute approximate surface area is 94.5 Å². The highest BCUT2D eigenvalue weighted by Gasteiger charge is 2.06. The molecule has 0 spiro atoms. The van der Waals surface area contributed by atoms with Crippen molar-refractivity contribution in [2.75, 3.05) is 0 Å². The molecule has 0 aliphatic carbocycles. The van der Waals surface area contributed by atoms with Crippen molar-refractivity contribution in [3.63, 3.8) is 0 Å². The van der Waals surface area contributed by atoms with Gasteiger partial charge in [0.05, 0.1) is 5.52 Å². The molecule has 1 aromatic carbocycles. The summed E-state index contributed by atoms with van der Waals surface area (Å²) in [5.41, 5.74) is 4.71. The molecule has 0 fully saturated rings. The number of para-hydroxylation sites is 1. The fourth-order valence-corrected chi connectivity index (χ4v) is 2.26. The molecule has 0 bridgehead atoms. The fraction of sp³-hybridized carbons (Fsp3) is 0.214. The van der Waals surface area contributed by atoms with Crippen LogP contribution in [0.25, 0.3) is 16.6 Å². The second-order valence-electron chi connectivity index (χ2n) is 4.14. The van der Waals surface area contributed by atoms with E-state index in [9.17, 15) is 0 Å². The van der Waals surface area contributed by atoms with Gasteiger partial charge in [-0.1, -0.05) is 25.1 Å². The second kappa shape index (κ2) is 3.34. The number of benzene rings is 1. The first-order chi connectivity index (χ1) is 7.79. The largest absolute Gasteiger partial charge is 0.298 e. The lowest BCUT2D eigenvalue weighted by Crippen LogP contribution is -1.97. The minimum Gasteiger partial charge on any atom is -0.298 e. The molecule has 0 saturated carbocycles. The van der Waals surface area contributed by atoms with Gasteiger partial charge in [0.15, 0.2) is 0 Å². The predicted molar refractivity (Wildman–Crippen MR) is 66.8 cm³/mol. The maximum absolute atomic E-state index is 4.65. The molecule has 3 rings (SSSR count). The molecule has 0 N–H and O–H groups in total. The highest BCUT2D eigenvalue weighted by molar-refractivity contribution is 5.86. The molecule has 2 aromatic heterocycles. The van der Waals surface area contributed by atoms with Crippen molar-refractivity contribution in [1.82, 2.24) is 9.38 Å². The predicted octanol–water partition coefficient (Wildman–Crippen LogP) is 3.36. The normalized spacial score (nSPS) is 11.4. The van der Waals surface area contributed by atoms with Crippen molar-refractivity contribution < 1.29 is 0 Å². The van der Waals surface area contributed by atoms with Gasteiger partial charge in [-0.3, -0.25) is 4.40 Å². The maximum Gasteiger partial charge on any atom is 0.138 e. The third-order valence-electron chi connectivity index (χ3n) is 3.04. The molecule has 0 aliphatic heterocycles. The molecule has 3 aromatic rings. The van der Waals surface area contributed by atoms with Crippen LogP contribution in [-0.4, -0.2) is 9.38 Å². The summed E-state index contributed by atoms with van der Waals surface area (Å²) in [6.45, 7) is 4.28. The quantitative estimate of drug-likeness (QED) is 0.602. The number of hydrogen-bond donors (Lipinski definition) is 0. The lowest BCUT2D eigenvalue weighted by atomic mass is 10.2. The lowest BCUT2D eigenvalue weighted by Gasteiger charge is -2.04. The Kier molecular flexibility index (Phi) is 1.96. The summed E-state index contributed by atoms with van der Waals surface area (Å²) >= 11 is 0. The van der Waals surface area contributed by atoms with Crippen LogP contribution in [0, 0.1) is 6.92 Å². The van der Waals surface area contributed by atoms with E-state index in [-0.39, 0.29) is 0 Å². The van der Waals surface area contributed by atoms with Crippen LogP contribution in [0.5, 0.6) is 0 Å². The number of nitrogens with zero attached hydrogens (tertiary/aromatic N) is 2. The number of aromatic nitrogens is 2. The van der Waals surface area contributed by atoms with Gasteiger partial charge in [0, 0.05) is 16.8 Å². The molecule has 16 heavy (non-hydrogen) atoms. The Morgan fingerprint density at radius 1 is 1.19 bits per heavy atom. The van der Waals surface area contributed by atoms with E-state index < -0.39 is 0 Å². The first-order valence-corrected chi connectivity index (χ1v) is 5.66. The van der Waals surface area contributed by atoms with E-state index in [4.69, 9.17) is 0 Å². The smallest absolute Gasteiger partial charge is 0.138 e. The van der Waals surface area contributed by atoms with Crippen molar-refractivity contribution in [3.8, 4) is 0 Å². The van der Waals surface area contributed by atoms with Crippen LogP contribution in [0.2, 0.25) is 0 Å². The van der Waals surface area contributed by atoms with E-state index in [0.717, 1.165) is 17.8 Å². The zero-order chi connectivity index (χ0) is 11.1. The summed E-state index contributed by atoms with van der Waals surface area (Å²) in [7, 11) is 0. The maximum atomic E-state index is 4.65. The zero-order valence-electron chi connectivity index (χ0n) is 9.57. The summed E-state index contributed by atoms with van der Waals surface area (Å²) in [5.74, 6) is 0. The van der Waals surface area contributed by atoms with Gasteiger partial charge in [0.25, 0.3) is 0 Å². The molecule has 0 atom stereocenters. The van der Waals surface area contributed by atoms with Crippen LogP contribution in [0.4, 0.5) is 0 Å². The molecular formula is C14H14N2. The molecular weight excluding hydrogens is 196 g/mol. The fourth-order valence-electron chi connectivity index (χ4n) is 2.26. The highest BCUT2D eigenvalue weighted by Crippen LogP contribution is 2.21. The van der Waals surface area contributed by atoms with Gasteiger partial charge < -0.3 is 0 Å². The van der Waals surface area contributed by atoms with Crippen LogP contribution in [0.3, 0.4) is 0 Å². The Hall–Kier alpha value is -1.83. The van der Waals surface area contributed by atoms with Gasteiger partial charge in [-0.15, -0.1) is 0 Å². The van der Waals surface area contributed by atoms with Gasteiger partial charge in [-0.2, -0.15) is 0 Å². The summed E-state index contributed by atoms with van der Waals surface area (Å²) in [6.07, 6.45) is 0.985. The van der Waals surface area contributed by atoms with Crippen molar-refractivity contribution >= 4 is 16.6 Å². The Balaban J connectivity index is 2.50. The van der Waals surface area contributed by atoms with Crippen LogP contribution in [0.15, 0.2) is 36.4 Å². The summed E-state index contributed by atoms with van der Waals surface area (Å²) < 4.78 is 2.22. The molecule has 2 nitrogen and oxygen atoms in total. The van der Waals surface area contributed by atoms with Crippen LogP contribution >= 0.6 is 0 Å². The van der Waals surface area contributed by atoms with E-state index in [2.05, 4.69) is 59.6 Å². The molecule has 0 unspecified atom stereocenters. The van der Waals surface area contributed by atoms with Crippen LogP contribution < -0.4 is 0 Å². The SMILES string of the molecule is CCc1cc(C)n2c(cc3ccccc32)n1. The average molecular weight is 210 g/mol. The summed E-state index contributed by atoms with van der Waals surface area (Å²) in [4.78, 5) is 4.65. The molecule has 2 heterocycles. The van der Waals surface area contributed by atoms with Crippen molar-refractivity contribution in [2.24, 2.45) is 0 Å². The number of fused-ring (bicyclic) bond motifs is 3. The first-order valence-electron chi connectivity index (χ1n) is 5.66. The van der Waals surface area contributed by atoms with Crippen LogP contribution in [0.1, 0.15) is 18.3 Å². The standard InChI is InChI=1S/C14H14N2/c1-3-12-8-10(2)16-13-7-5-4-6-11(13)9-14(16)15-12/h4-9H,3H2,1-2H3. The van der Waals surface area contributed by atoms with Crippen molar-refractivity contribution in [3.05, 3.63) is 47.8 Å². The van der Waals surface area contributed by atoms with Crippen molar-refractivity contribution in [1.29, 1.82) is 0 Å². The number of rotatable bonds is 1. The molecule has 0 saturated heterocycles. The second-order valence-corrected chi connectivity index (χ2v) is 4.14. The lowest BCUT2D eigenvalue weighted by molar-refractivity contribution is 0.986. The van der Waals surface area contributed by atoms with Gasteiger partial charge in [-0.25, -0.2) is 4.98 Å². The number of hydrogen-bond acceptors (Lipinski definition) is 1. The van der Waals surface area contributed by atoms with E-state index in [1.54, 1.807) is 0 Å². The molecule has 0 radical (unpaired) electrons. The average Bonchev–Trinajstić information content (AvgIpc) is 2.67. The molecule has 2 heteroatoms. The highest BCUT2D eigenvalue weighted by atomic mass is 15.0. The van der Waals surface area contributed by atoms with Gasteiger partial charge in [0.2, 0.25) is 0 Å². The van der Waals surface area contributed by atoms with Gasteiger partial charge in [-0.05, 0) is 31.5 Å².